The van der Waals surface area contributed by atoms with Crippen LogP contribution in [0.1, 0.15) is 16.7 Å². The van der Waals surface area contributed by atoms with Crippen LogP contribution in [0.25, 0.3) is 33.6 Å². The summed E-state index contributed by atoms with van der Waals surface area (Å²) in [5.41, 5.74) is 9.08. The molecule has 2 N–H and O–H groups in total. The highest BCUT2D eigenvalue weighted by Gasteiger charge is 2.11. The Morgan fingerprint density at radius 2 is 1.54 bits per heavy atom. The maximum absolute atomic E-state index is 10.9. The predicted molar refractivity (Wildman–Crippen MR) is 147 cm³/mol. The molecule has 6 heteroatoms. The summed E-state index contributed by atoms with van der Waals surface area (Å²) in [6, 6.07) is 32.5. The van der Waals surface area contributed by atoms with Gasteiger partial charge in [-0.15, -0.1) is 0 Å². The van der Waals surface area contributed by atoms with Gasteiger partial charge in [-0.25, -0.2) is 4.79 Å². The van der Waals surface area contributed by atoms with Gasteiger partial charge in [0.25, 0.3) is 0 Å². The van der Waals surface area contributed by atoms with Crippen molar-refractivity contribution in [3.8, 4) is 5.75 Å². The van der Waals surface area contributed by atoms with Gasteiger partial charge in [0.05, 0.1) is 12.3 Å². The number of rotatable bonds is 10. The van der Waals surface area contributed by atoms with Crippen LogP contribution in [0.2, 0.25) is 0 Å². The van der Waals surface area contributed by atoms with Gasteiger partial charge < -0.3 is 14.4 Å². The molecule has 0 radical (unpaired) electrons. The van der Waals surface area contributed by atoms with Gasteiger partial charge in [0.15, 0.2) is 6.61 Å². The highest BCUT2D eigenvalue weighted by molar-refractivity contribution is 6.07. The Hall–Kier alpha value is -4.55. The zero-order chi connectivity index (χ0) is 25.6. The molecule has 4 aromatic carbocycles. The Kier molecular flexibility index (Phi) is 7.19. The number of para-hydroxylation sites is 2. The number of hydrogen-bond acceptors (Lipinski definition) is 4. The molecule has 0 saturated heterocycles. The van der Waals surface area contributed by atoms with Gasteiger partial charge in [-0.3, -0.25) is 10.3 Å². The zero-order valence-corrected chi connectivity index (χ0v) is 20.6. The fourth-order valence-corrected chi connectivity index (χ4v) is 4.52. The quantitative estimate of drug-likeness (QED) is 0.136. The van der Waals surface area contributed by atoms with Crippen molar-refractivity contribution in [2.24, 2.45) is 0 Å². The summed E-state index contributed by atoms with van der Waals surface area (Å²) in [7, 11) is 0. The molecule has 0 aliphatic carbocycles. The van der Waals surface area contributed by atoms with E-state index in [-0.39, 0.29) is 6.61 Å². The minimum absolute atomic E-state index is 0.378. The van der Waals surface area contributed by atoms with E-state index >= 15 is 0 Å². The van der Waals surface area contributed by atoms with Crippen molar-refractivity contribution in [3.63, 3.8) is 0 Å². The highest BCUT2D eigenvalue weighted by atomic mass is 16.6. The number of aryl methyl sites for hydroxylation is 1. The second kappa shape index (κ2) is 11.0. The molecule has 5 aromatic rings. The van der Waals surface area contributed by atoms with Crippen molar-refractivity contribution in [3.05, 3.63) is 114 Å². The van der Waals surface area contributed by atoms with Crippen LogP contribution in [-0.4, -0.2) is 28.9 Å². The van der Waals surface area contributed by atoms with Gasteiger partial charge in [-0.1, -0.05) is 66.7 Å². The van der Waals surface area contributed by atoms with Crippen molar-refractivity contribution in [2.45, 2.75) is 13.5 Å². The number of benzene rings is 4. The number of ether oxygens (including phenoxy) is 1. The fourth-order valence-electron chi connectivity index (χ4n) is 4.52. The third kappa shape index (κ3) is 5.50. The summed E-state index contributed by atoms with van der Waals surface area (Å²) < 4.78 is 7.67. The van der Waals surface area contributed by atoms with Gasteiger partial charge in [-0.05, 0) is 54.5 Å². The third-order valence-electron chi connectivity index (χ3n) is 6.23. The number of carboxylic acids is 1. The van der Waals surface area contributed by atoms with Gasteiger partial charge >= 0.3 is 5.97 Å². The molecule has 0 saturated carbocycles. The van der Waals surface area contributed by atoms with Gasteiger partial charge in [0.1, 0.15) is 5.75 Å². The first kappa shape index (κ1) is 24.2. The number of aromatic nitrogens is 1. The molecule has 0 spiro atoms. The van der Waals surface area contributed by atoms with Crippen LogP contribution >= 0.6 is 0 Å². The normalized spacial score (nSPS) is 11.6. The lowest BCUT2D eigenvalue weighted by Crippen LogP contribution is -2.17. The third-order valence-corrected chi connectivity index (χ3v) is 6.23. The molecule has 0 fully saturated rings. The van der Waals surface area contributed by atoms with E-state index in [4.69, 9.17) is 14.7 Å². The molecule has 0 unspecified atom stereocenters. The van der Waals surface area contributed by atoms with E-state index in [1.54, 1.807) is 6.07 Å². The number of nitrogens with one attached hydrogen (secondary N) is 1. The number of hydroxylamine groups is 1. The smallest absolute Gasteiger partial charge is 0.341 e. The summed E-state index contributed by atoms with van der Waals surface area (Å²) >= 11 is 0. The molecule has 1 heterocycles. The zero-order valence-electron chi connectivity index (χ0n) is 20.6. The maximum Gasteiger partial charge on any atom is 0.341 e. The van der Waals surface area contributed by atoms with Crippen molar-refractivity contribution in [1.29, 1.82) is 0 Å². The molecule has 1 aromatic heterocycles. The highest BCUT2D eigenvalue weighted by Crippen LogP contribution is 2.29. The van der Waals surface area contributed by atoms with E-state index in [2.05, 4.69) is 58.6 Å². The van der Waals surface area contributed by atoms with E-state index in [9.17, 15) is 4.79 Å². The Morgan fingerprint density at radius 3 is 2.19 bits per heavy atom. The van der Waals surface area contributed by atoms with E-state index < -0.39 is 5.97 Å². The first-order valence-electron chi connectivity index (χ1n) is 12.2. The first-order chi connectivity index (χ1) is 18.1. The van der Waals surface area contributed by atoms with E-state index in [1.165, 1.54) is 21.8 Å². The minimum Gasteiger partial charge on any atom is -0.482 e. The largest absolute Gasteiger partial charge is 0.482 e. The Morgan fingerprint density at radius 1 is 0.892 bits per heavy atom. The lowest BCUT2D eigenvalue weighted by molar-refractivity contribution is -0.139. The van der Waals surface area contributed by atoms with Crippen LogP contribution in [0, 0.1) is 6.92 Å². The number of carboxylic acid groups (broad SMARTS) is 1. The Bertz CT molecular complexity index is 1520. The number of aliphatic carboxylic acids is 1. The average Bonchev–Trinajstić information content (AvgIpc) is 3.24. The lowest BCUT2D eigenvalue weighted by Gasteiger charge is -2.15. The Balaban J connectivity index is 1.35. The topological polar surface area (TPSA) is 72.7 Å². The van der Waals surface area contributed by atoms with E-state index in [0.29, 0.717) is 18.9 Å². The van der Waals surface area contributed by atoms with Crippen LogP contribution in [0.5, 0.6) is 5.75 Å². The summed E-state index contributed by atoms with van der Waals surface area (Å²) in [6.07, 6.45) is 2.02. The second-order valence-electron chi connectivity index (χ2n) is 8.77. The van der Waals surface area contributed by atoms with Crippen LogP contribution in [0.15, 0.2) is 97.1 Å². The minimum atomic E-state index is -1.01. The first-order valence-corrected chi connectivity index (χ1v) is 12.2. The fraction of sp³-hybridized carbons (Fsp3) is 0.129. The van der Waals surface area contributed by atoms with Crippen LogP contribution < -0.4 is 10.2 Å². The lowest BCUT2D eigenvalue weighted by atomic mass is 10.1. The predicted octanol–water partition coefficient (Wildman–Crippen LogP) is 6.29. The van der Waals surface area contributed by atoms with Crippen LogP contribution in [0.3, 0.4) is 0 Å². The van der Waals surface area contributed by atoms with E-state index in [1.807, 2.05) is 55.5 Å². The SMILES string of the molecule is Cc1cc(C(=Cc2ccccc2)NOCCn2c3ccccc3c3ccccc32)ccc1OCC(=O)O. The average molecular weight is 493 g/mol. The molecule has 0 aliphatic rings. The van der Waals surface area contributed by atoms with Crippen LogP contribution in [-0.2, 0) is 16.2 Å². The molecule has 37 heavy (non-hydrogen) atoms. The number of fused-ring (bicyclic) bond motifs is 3. The summed E-state index contributed by atoms with van der Waals surface area (Å²) in [5, 5.41) is 11.4. The molecule has 0 amide bonds. The molecule has 6 nitrogen and oxygen atoms in total. The summed E-state index contributed by atoms with van der Waals surface area (Å²) in [6.45, 7) is 2.65. The molecule has 0 bridgehead atoms. The van der Waals surface area contributed by atoms with Crippen molar-refractivity contribution >= 4 is 39.5 Å². The van der Waals surface area contributed by atoms with Crippen LogP contribution in [0.4, 0.5) is 0 Å². The number of carbonyl (C=O) groups is 1. The monoisotopic (exact) mass is 492 g/mol. The summed E-state index contributed by atoms with van der Waals surface area (Å²) in [5.74, 6) is -0.469. The molecule has 0 aliphatic heterocycles. The Labute approximate surface area is 215 Å². The molecule has 0 atom stereocenters. The summed E-state index contributed by atoms with van der Waals surface area (Å²) in [4.78, 5) is 16.9. The molecule has 186 valence electrons. The van der Waals surface area contributed by atoms with Gasteiger partial charge in [-0.2, -0.15) is 0 Å². The van der Waals surface area contributed by atoms with Crippen molar-refractivity contribution < 1.29 is 19.5 Å². The standard InChI is InChI=1S/C31H28N2O4/c1-22-19-24(15-16-30(22)36-21-31(34)35)27(20-23-9-3-2-4-10-23)32-37-18-17-33-28-13-7-5-11-25(28)26-12-6-8-14-29(26)33/h2-16,19-20,32H,17-18,21H2,1H3,(H,34,35). The molecule has 5 rings (SSSR count). The maximum atomic E-state index is 10.9. The molecular formula is C31H28N2O4. The van der Waals surface area contributed by atoms with Crippen molar-refractivity contribution in [2.75, 3.05) is 13.2 Å². The molecular weight excluding hydrogens is 464 g/mol. The van der Waals surface area contributed by atoms with Crippen molar-refractivity contribution in [1.82, 2.24) is 10.0 Å². The second-order valence-corrected chi connectivity index (χ2v) is 8.77. The van der Waals surface area contributed by atoms with Gasteiger partial charge in [0.2, 0.25) is 0 Å². The van der Waals surface area contributed by atoms with E-state index in [0.717, 1.165) is 22.4 Å². The van der Waals surface area contributed by atoms with Gasteiger partial charge in [0, 0.05) is 33.9 Å². The number of nitrogens with zero attached hydrogens (tertiary/aromatic N) is 1. The number of hydrogen-bond donors (Lipinski definition) is 2.